The van der Waals surface area contributed by atoms with Crippen molar-refractivity contribution in [2.45, 2.75) is 19.5 Å². The Kier molecular flexibility index (Phi) is 6.38. The van der Waals surface area contributed by atoms with Crippen LogP contribution in [0.2, 0.25) is 0 Å². The average molecular weight is 398 g/mol. The van der Waals surface area contributed by atoms with E-state index >= 15 is 0 Å². The van der Waals surface area contributed by atoms with Crippen LogP contribution in [0, 0.1) is 4.77 Å². The van der Waals surface area contributed by atoms with Gasteiger partial charge in [0.15, 0.2) is 4.77 Å². The number of carbonyl (C=O) groups excluding carboxylic acids is 1. The van der Waals surface area contributed by atoms with E-state index in [9.17, 15) is 9.59 Å². The molecule has 0 spiro atoms. The Balaban J connectivity index is 1.87. The molecular formula is C21H23N3O3S. The molecule has 0 bridgehead atoms. The molecule has 0 radical (unpaired) electrons. The fourth-order valence-corrected chi connectivity index (χ4v) is 3.39. The smallest absolute Gasteiger partial charge is 0.262 e. The summed E-state index contributed by atoms with van der Waals surface area (Å²) >= 11 is 5.34. The second kappa shape index (κ2) is 8.95. The summed E-state index contributed by atoms with van der Waals surface area (Å²) in [5, 5.41) is 0.508. The normalized spacial score (nSPS) is 10.9. The molecule has 0 saturated heterocycles. The van der Waals surface area contributed by atoms with Crippen molar-refractivity contribution >= 4 is 29.0 Å². The van der Waals surface area contributed by atoms with E-state index in [2.05, 4.69) is 4.98 Å². The molecule has 1 aromatic heterocycles. The molecule has 28 heavy (non-hydrogen) atoms. The number of benzene rings is 2. The van der Waals surface area contributed by atoms with Gasteiger partial charge in [0.05, 0.1) is 10.9 Å². The van der Waals surface area contributed by atoms with Gasteiger partial charge in [0.2, 0.25) is 0 Å². The first-order chi connectivity index (χ1) is 13.5. The largest absolute Gasteiger partial charge is 0.385 e. The molecule has 6 nitrogen and oxygen atoms in total. The maximum atomic E-state index is 12.8. The van der Waals surface area contributed by atoms with Gasteiger partial charge in [0, 0.05) is 39.4 Å². The Labute approximate surface area is 168 Å². The summed E-state index contributed by atoms with van der Waals surface area (Å²) in [7, 11) is 3.38. The molecule has 1 amide bonds. The molecule has 7 heteroatoms. The van der Waals surface area contributed by atoms with E-state index in [1.807, 2.05) is 30.3 Å². The second-order valence-corrected chi connectivity index (χ2v) is 7.03. The summed E-state index contributed by atoms with van der Waals surface area (Å²) in [6, 6.07) is 14.8. The van der Waals surface area contributed by atoms with Gasteiger partial charge < -0.3 is 14.6 Å². The number of aromatic nitrogens is 2. The van der Waals surface area contributed by atoms with Gasteiger partial charge in [-0.15, -0.1) is 0 Å². The molecule has 1 N–H and O–H groups in total. The minimum atomic E-state index is -0.161. The lowest BCUT2D eigenvalue weighted by Crippen LogP contribution is -2.27. The Morgan fingerprint density at radius 3 is 2.68 bits per heavy atom. The van der Waals surface area contributed by atoms with Crippen molar-refractivity contribution < 1.29 is 9.53 Å². The maximum Gasteiger partial charge on any atom is 0.262 e. The van der Waals surface area contributed by atoms with Gasteiger partial charge in [-0.05, 0) is 42.4 Å². The summed E-state index contributed by atoms with van der Waals surface area (Å²) in [5.41, 5.74) is 1.97. The number of amides is 1. The summed E-state index contributed by atoms with van der Waals surface area (Å²) in [5.74, 6) is -0.116. The number of H-pyrrole nitrogens is 1. The quantitative estimate of drug-likeness (QED) is 0.490. The van der Waals surface area contributed by atoms with E-state index in [0.717, 1.165) is 5.56 Å². The lowest BCUT2D eigenvalue weighted by atomic mass is 10.1. The number of nitrogens with one attached hydrogen (secondary N) is 1. The number of hydrogen-bond donors (Lipinski definition) is 1. The molecule has 0 aliphatic rings. The third-order valence-electron chi connectivity index (χ3n) is 4.57. The van der Waals surface area contributed by atoms with Crippen molar-refractivity contribution in [3.63, 3.8) is 0 Å². The van der Waals surface area contributed by atoms with Gasteiger partial charge in [-0.3, -0.25) is 14.2 Å². The van der Waals surface area contributed by atoms with Gasteiger partial charge >= 0.3 is 0 Å². The molecule has 3 aromatic rings. The summed E-state index contributed by atoms with van der Waals surface area (Å²) in [6.45, 7) is 1.55. The standard InChI is InChI=1S/C21H23N3O3S/c1-23(14-15-7-4-3-5-8-15)19(25)16-9-10-17-18(13-16)22-21(28)24(20(17)26)11-6-12-27-2/h3-5,7-10,13H,6,11-12,14H2,1-2H3,(H,22,28). The highest BCUT2D eigenvalue weighted by Crippen LogP contribution is 2.14. The minimum absolute atomic E-state index is 0.116. The summed E-state index contributed by atoms with van der Waals surface area (Å²) in [6.07, 6.45) is 0.695. The van der Waals surface area contributed by atoms with Crippen molar-refractivity contribution in [1.29, 1.82) is 0 Å². The number of methoxy groups -OCH3 is 1. The van der Waals surface area contributed by atoms with Crippen LogP contribution in [0.5, 0.6) is 0 Å². The molecule has 2 aromatic carbocycles. The lowest BCUT2D eigenvalue weighted by Gasteiger charge is -2.17. The number of nitrogens with zero attached hydrogens (tertiary/aromatic N) is 2. The van der Waals surface area contributed by atoms with Gasteiger partial charge in [-0.2, -0.15) is 0 Å². The molecule has 146 valence electrons. The Bertz CT molecular complexity index is 1090. The first-order valence-electron chi connectivity index (χ1n) is 9.06. The maximum absolute atomic E-state index is 12.8. The highest BCUT2D eigenvalue weighted by Gasteiger charge is 2.14. The molecular weight excluding hydrogens is 374 g/mol. The Hall–Kier alpha value is -2.77. The van der Waals surface area contributed by atoms with Crippen LogP contribution in [0.4, 0.5) is 0 Å². The number of carbonyl (C=O) groups is 1. The summed E-state index contributed by atoms with van der Waals surface area (Å²) < 4.78 is 6.91. The van der Waals surface area contributed by atoms with E-state index in [1.165, 1.54) is 4.57 Å². The molecule has 0 unspecified atom stereocenters. The van der Waals surface area contributed by atoms with Crippen LogP contribution in [-0.4, -0.2) is 41.1 Å². The zero-order valence-corrected chi connectivity index (χ0v) is 16.8. The third-order valence-corrected chi connectivity index (χ3v) is 4.89. The van der Waals surface area contributed by atoms with Crippen LogP contribution in [0.3, 0.4) is 0 Å². The monoisotopic (exact) mass is 397 g/mol. The lowest BCUT2D eigenvalue weighted by molar-refractivity contribution is 0.0785. The topological polar surface area (TPSA) is 67.3 Å². The molecule has 0 aliphatic heterocycles. The first kappa shape index (κ1) is 20.0. The van der Waals surface area contributed by atoms with Crippen LogP contribution in [0.1, 0.15) is 22.3 Å². The minimum Gasteiger partial charge on any atom is -0.385 e. The van der Waals surface area contributed by atoms with Crippen LogP contribution < -0.4 is 5.56 Å². The number of ether oxygens (including phenoxy) is 1. The average Bonchev–Trinajstić information content (AvgIpc) is 2.70. The predicted octanol–water partition coefficient (Wildman–Crippen LogP) is 3.37. The molecule has 0 atom stereocenters. The van der Waals surface area contributed by atoms with E-state index in [1.54, 1.807) is 37.3 Å². The molecule has 3 rings (SSSR count). The van der Waals surface area contributed by atoms with Crippen LogP contribution in [0.15, 0.2) is 53.3 Å². The third kappa shape index (κ3) is 4.37. The van der Waals surface area contributed by atoms with E-state index < -0.39 is 0 Å². The SMILES string of the molecule is COCCCn1c(=S)[nH]c2cc(C(=O)N(C)Cc3ccccc3)ccc2c1=O. The van der Waals surface area contributed by atoms with Gasteiger partial charge in [0.25, 0.3) is 11.5 Å². The zero-order valence-electron chi connectivity index (χ0n) is 16.0. The van der Waals surface area contributed by atoms with Crippen molar-refractivity contribution in [3.8, 4) is 0 Å². The predicted molar refractivity (Wildman–Crippen MR) is 112 cm³/mol. The Morgan fingerprint density at radius 2 is 1.96 bits per heavy atom. The molecule has 0 saturated carbocycles. The first-order valence-corrected chi connectivity index (χ1v) is 9.47. The molecule has 0 aliphatic carbocycles. The Morgan fingerprint density at radius 1 is 1.21 bits per heavy atom. The van der Waals surface area contributed by atoms with Crippen molar-refractivity contribution in [2.24, 2.45) is 0 Å². The number of hydrogen-bond acceptors (Lipinski definition) is 4. The second-order valence-electron chi connectivity index (χ2n) is 6.64. The number of rotatable bonds is 7. The number of aromatic amines is 1. The van der Waals surface area contributed by atoms with Crippen molar-refractivity contribution in [1.82, 2.24) is 14.5 Å². The van der Waals surface area contributed by atoms with Crippen LogP contribution in [0.25, 0.3) is 10.9 Å². The molecule has 0 fully saturated rings. The van der Waals surface area contributed by atoms with Gasteiger partial charge in [-0.1, -0.05) is 30.3 Å². The van der Waals surface area contributed by atoms with Crippen molar-refractivity contribution in [2.75, 3.05) is 20.8 Å². The highest BCUT2D eigenvalue weighted by atomic mass is 32.1. The van der Waals surface area contributed by atoms with Crippen molar-refractivity contribution in [3.05, 3.63) is 74.8 Å². The van der Waals surface area contributed by atoms with Crippen LogP contribution in [-0.2, 0) is 17.8 Å². The van der Waals surface area contributed by atoms with E-state index in [0.29, 0.717) is 47.4 Å². The van der Waals surface area contributed by atoms with Crippen LogP contribution >= 0.6 is 12.2 Å². The summed E-state index contributed by atoms with van der Waals surface area (Å²) in [4.78, 5) is 30.3. The fraction of sp³-hybridized carbons (Fsp3) is 0.286. The van der Waals surface area contributed by atoms with E-state index in [4.69, 9.17) is 17.0 Å². The van der Waals surface area contributed by atoms with E-state index in [-0.39, 0.29) is 11.5 Å². The molecule has 1 heterocycles. The van der Waals surface area contributed by atoms with Gasteiger partial charge in [-0.25, -0.2) is 0 Å². The number of fused-ring (bicyclic) bond motifs is 1. The fourth-order valence-electron chi connectivity index (χ4n) is 3.11. The highest BCUT2D eigenvalue weighted by molar-refractivity contribution is 7.71. The van der Waals surface area contributed by atoms with Gasteiger partial charge in [0.1, 0.15) is 0 Å². The zero-order chi connectivity index (χ0) is 20.1.